The summed E-state index contributed by atoms with van der Waals surface area (Å²) < 4.78 is 22.1. The van der Waals surface area contributed by atoms with Gasteiger partial charge in [-0.05, 0) is 33.6 Å². The molecule has 0 spiro atoms. The predicted molar refractivity (Wildman–Crippen MR) is 90.3 cm³/mol. The summed E-state index contributed by atoms with van der Waals surface area (Å²) in [5.41, 5.74) is 2.01. The van der Waals surface area contributed by atoms with Gasteiger partial charge < -0.3 is 18.9 Å². The number of benzene rings is 2. The van der Waals surface area contributed by atoms with Gasteiger partial charge in [-0.15, -0.1) is 0 Å². The Morgan fingerprint density at radius 1 is 1.17 bits per heavy atom. The summed E-state index contributed by atoms with van der Waals surface area (Å²) in [6, 6.07) is 13.2. The van der Waals surface area contributed by atoms with Gasteiger partial charge in [0.1, 0.15) is 24.9 Å². The van der Waals surface area contributed by atoms with Crippen molar-refractivity contribution in [3.8, 4) is 5.75 Å². The Labute approximate surface area is 147 Å². The van der Waals surface area contributed by atoms with Crippen molar-refractivity contribution in [2.45, 2.75) is 12.9 Å². The number of halogens is 1. The average molecular weight is 391 g/mol. The van der Waals surface area contributed by atoms with E-state index in [0.717, 1.165) is 5.56 Å². The van der Waals surface area contributed by atoms with Gasteiger partial charge in [0.2, 0.25) is 0 Å². The molecule has 0 unspecified atom stereocenters. The van der Waals surface area contributed by atoms with Gasteiger partial charge in [0.25, 0.3) is 6.29 Å². The Balaban J connectivity index is 1.91. The number of rotatable bonds is 5. The number of methoxy groups -OCH3 is 1. The molecular weight excluding hydrogens is 376 g/mol. The third kappa shape index (κ3) is 3.54. The first-order chi connectivity index (χ1) is 11.7. The molecule has 6 heteroatoms. The fraction of sp³-hybridized carbons (Fsp3) is 0.167. The molecule has 0 bridgehead atoms. The molecule has 24 heavy (non-hydrogen) atoms. The molecule has 124 valence electrons. The van der Waals surface area contributed by atoms with Gasteiger partial charge in [-0.2, -0.15) is 0 Å². The molecule has 3 rings (SSSR count). The minimum absolute atomic E-state index is 0.374. The van der Waals surface area contributed by atoms with Crippen molar-refractivity contribution in [3.63, 3.8) is 0 Å². The van der Waals surface area contributed by atoms with Crippen molar-refractivity contribution in [3.05, 3.63) is 76.2 Å². The lowest BCUT2D eigenvalue weighted by atomic mass is 10.1. The van der Waals surface area contributed by atoms with Crippen LogP contribution in [0.25, 0.3) is 0 Å². The van der Waals surface area contributed by atoms with E-state index in [-0.39, 0.29) is 0 Å². The van der Waals surface area contributed by atoms with Crippen LogP contribution >= 0.6 is 15.9 Å². The van der Waals surface area contributed by atoms with Gasteiger partial charge in [-0.1, -0.05) is 30.3 Å². The summed E-state index contributed by atoms with van der Waals surface area (Å²) in [6.45, 7) is 0.387. The average Bonchev–Trinajstić information content (AvgIpc) is 3.14. The van der Waals surface area contributed by atoms with Crippen LogP contribution in [0.5, 0.6) is 5.75 Å². The van der Waals surface area contributed by atoms with E-state index in [4.69, 9.17) is 18.9 Å². The SMILES string of the molecule is COC(=O)c1cc(C2OC=CO2)c(OCc2ccccc2)cc1Br. The topological polar surface area (TPSA) is 54.0 Å². The van der Waals surface area contributed by atoms with E-state index in [2.05, 4.69) is 15.9 Å². The third-order valence-corrected chi connectivity index (χ3v) is 4.11. The molecule has 0 fully saturated rings. The van der Waals surface area contributed by atoms with Crippen LogP contribution in [-0.2, 0) is 20.8 Å². The number of carbonyl (C=O) groups excluding carboxylic acids is 1. The van der Waals surface area contributed by atoms with Crippen LogP contribution in [-0.4, -0.2) is 13.1 Å². The molecule has 0 aliphatic carbocycles. The highest BCUT2D eigenvalue weighted by Gasteiger charge is 2.24. The second-order valence-electron chi connectivity index (χ2n) is 5.01. The first kappa shape index (κ1) is 16.4. The lowest BCUT2D eigenvalue weighted by molar-refractivity contribution is -0.0266. The number of hydrogen-bond acceptors (Lipinski definition) is 5. The van der Waals surface area contributed by atoms with E-state index in [1.54, 1.807) is 12.1 Å². The summed E-state index contributed by atoms with van der Waals surface area (Å²) >= 11 is 3.38. The highest BCUT2D eigenvalue weighted by molar-refractivity contribution is 9.10. The molecule has 1 aliphatic heterocycles. The minimum atomic E-state index is -0.660. The zero-order chi connectivity index (χ0) is 16.9. The molecular formula is C18H15BrO5. The van der Waals surface area contributed by atoms with Gasteiger partial charge in [-0.25, -0.2) is 4.79 Å². The molecule has 2 aromatic rings. The van der Waals surface area contributed by atoms with Crippen LogP contribution in [0.4, 0.5) is 0 Å². The summed E-state index contributed by atoms with van der Waals surface area (Å²) in [5.74, 6) is 0.107. The van der Waals surface area contributed by atoms with Crippen molar-refractivity contribution in [2.75, 3.05) is 7.11 Å². The quantitative estimate of drug-likeness (QED) is 0.711. The predicted octanol–water partition coefficient (Wildman–Crippen LogP) is 4.33. The first-order valence-corrected chi connectivity index (χ1v) is 8.03. The number of carbonyl (C=O) groups is 1. The van der Waals surface area contributed by atoms with Crippen molar-refractivity contribution in [1.29, 1.82) is 0 Å². The third-order valence-electron chi connectivity index (χ3n) is 3.46. The molecule has 0 saturated heterocycles. The maximum Gasteiger partial charge on any atom is 0.339 e. The van der Waals surface area contributed by atoms with Crippen molar-refractivity contribution in [1.82, 2.24) is 0 Å². The smallest absolute Gasteiger partial charge is 0.339 e. The largest absolute Gasteiger partial charge is 0.488 e. The molecule has 0 aromatic heterocycles. The van der Waals surface area contributed by atoms with Crippen LogP contribution in [0, 0.1) is 0 Å². The van der Waals surface area contributed by atoms with Crippen LogP contribution in [0.15, 0.2) is 59.5 Å². The molecule has 0 amide bonds. The van der Waals surface area contributed by atoms with Crippen LogP contribution in [0.1, 0.15) is 27.8 Å². The minimum Gasteiger partial charge on any atom is -0.488 e. The van der Waals surface area contributed by atoms with Crippen LogP contribution < -0.4 is 4.74 Å². The molecule has 0 radical (unpaired) electrons. The van der Waals surface area contributed by atoms with Gasteiger partial charge >= 0.3 is 5.97 Å². The summed E-state index contributed by atoms with van der Waals surface area (Å²) in [6.07, 6.45) is 2.24. The van der Waals surface area contributed by atoms with Crippen molar-refractivity contribution in [2.24, 2.45) is 0 Å². The van der Waals surface area contributed by atoms with Gasteiger partial charge in [0.05, 0.1) is 18.2 Å². The zero-order valence-corrected chi connectivity index (χ0v) is 14.5. The lowest BCUT2D eigenvalue weighted by Gasteiger charge is -2.18. The maximum atomic E-state index is 11.9. The molecule has 2 aromatic carbocycles. The maximum absolute atomic E-state index is 11.9. The van der Waals surface area contributed by atoms with Crippen molar-refractivity contribution < 1.29 is 23.7 Å². The van der Waals surface area contributed by atoms with Crippen LogP contribution in [0.2, 0.25) is 0 Å². The number of esters is 1. The van der Waals surface area contributed by atoms with Crippen LogP contribution in [0.3, 0.4) is 0 Å². The Bertz CT molecular complexity index is 750. The summed E-state index contributed by atoms with van der Waals surface area (Å²) in [5, 5.41) is 0. The highest BCUT2D eigenvalue weighted by atomic mass is 79.9. The summed E-state index contributed by atoms with van der Waals surface area (Å²) in [7, 11) is 1.33. The van der Waals surface area contributed by atoms with E-state index in [0.29, 0.717) is 28.0 Å². The molecule has 0 atom stereocenters. The fourth-order valence-corrected chi connectivity index (χ4v) is 2.75. The van der Waals surface area contributed by atoms with Crippen molar-refractivity contribution >= 4 is 21.9 Å². The number of ether oxygens (including phenoxy) is 4. The second kappa shape index (κ2) is 7.40. The van der Waals surface area contributed by atoms with E-state index in [1.165, 1.54) is 19.6 Å². The Morgan fingerprint density at radius 2 is 1.88 bits per heavy atom. The second-order valence-corrected chi connectivity index (χ2v) is 5.87. The Hall–Kier alpha value is -2.47. The van der Waals surface area contributed by atoms with Gasteiger partial charge in [-0.3, -0.25) is 0 Å². The fourth-order valence-electron chi connectivity index (χ4n) is 2.27. The van der Waals surface area contributed by atoms with Gasteiger partial charge in [0, 0.05) is 4.47 Å². The Kier molecular flexibility index (Phi) is 5.05. The normalized spacial score (nSPS) is 13.2. The molecule has 5 nitrogen and oxygen atoms in total. The molecule has 0 N–H and O–H groups in total. The lowest BCUT2D eigenvalue weighted by Crippen LogP contribution is -2.09. The molecule has 0 saturated carbocycles. The Morgan fingerprint density at radius 3 is 2.54 bits per heavy atom. The first-order valence-electron chi connectivity index (χ1n) is 7.23. The van der Waals surface area contributed by atoms with Gasteiger partial charge in [0.15, 0.2) is 0 Å². The summed E-state index contributed by atoms with van der Waals surface area (Å²) in [4.78, 5) is 11.9. The monoisotopic (exact) mass is 390 g/mol. The zero-order valence-electron chi connectivity index (χ0n) is 12.9. The van der Waals surface area contributed by atoms with E-state index in [9.17, 15) is 4.79 Å². The van der Waals surface area contributed by atoms with E-state index >= 15 is 0 Å². The number of hydrogen-bond donors (Lipinski definition) is 0. The standard InChI is InChI=1S/C18H15BrO5/c1-21-17(20)13-9-14(18-22-7-8-23-18)16(10-15(13)19)24-11-12-5-3-2-4-6-12/h2-10,18H,11H2,1H3. The molecule has 1 aliphatic rings. The van der Waals surface area contributed by atoms with E-state index < -0.39 is 12.3 Å². The molecule has 1 heterocycles. The van der Waals surface area contributed by atoms with E-state index in [1.807, 2.05) is 30.3 Å². The highest BCUT2D eigenvalue weighted by Crippen LogP contribution is 2.36.